The maximum absolute atomic E-state index is 12.5. The van der Waals surface area contributed by atoms with Crippen LogP contribution in [0.25, 0.3) is 10.2 Å². The lowest BCUT2D eigenvalue weighted by atomic mass is 10.1. The zero-order valence-electron chi connectivity index (χ0n) is 17.9. The lowest BCUT2D eigenvalue weighted by molar-refractivity contribution is 0.322. The highest BCUT2D eigenvalue weighted by Crippen LogP contribution is 2.35. The first-order chi connectivity index (χ1) is 14.4. The normalized spacial score (nSPS) is 22.2. The van der Waals surface area contributed by atoms with E-state index >= 15 is 0 Å². The van der Waals surface area contributed by atoms with E-state index in [-0.39, 0.29) is 11.3 Å². The molecular weight excluding hydrogens is 418 g/mol. The Morgan fingerprint density at radius 3 is 2.40 bits per heavy atom. The fourth-order valence-electron chi connectivity index (χ4n) is 4.63. The molecular formula is C21H31N5O2S2. The first-order valence-electron chi connectivity index (χ1n) is 11.2. The number of sulfonamides is 1. The molecule has 0 unspecified atom stereocenters. The van der Waals surface area contributed by atoms with Gasteiger partial charge in [-0.2, -0.15) is 0 Å². The van der Waals surface area contributed by atoms with Gasteiger partial charge in [0.1, 0.15) is 16.5 Å². The summed E-state index contributed by atoms with van der Waals surface area (Å²) in [6.45, 7) is 8.56. The summed E-state index contributed by atoms with van der Waals surface area (Å²) in [5.74, 6) is 1.82. The minimum absolute atomic E-state index is 0.118. The van der Waals surface area contributed by atoms with Gasteiger partial charge in [0.2, 0.25) is 10.0 Å². The summed E-state index contributed by atoms with van der Waals surface area (Å²) in [6.07, 6.45) is 5.81. The van der Waals surface area contributed by atoms with Crippen LogP contribution in [0.3, 0.4) is 0 Å². The Morgan fingerprint density at radius 2 is 1.73 bits per heavy atom. The number of aromatic nitrogens is 2. The second-order valence-electron chi connectivity index (χ2n) is 9.00. The van der Waals surface area contributed by atoms with Crippen molar-refractivity contribution in [3.05, 3.63) is 16.3 Å². The first-order valence-corrected chi connectivity index (χ1v) is 13.5. The van der Waals surface area contributed by atoms with Crippen molar-refractivity contribution in [3.63, 3.8) is 0 Å². The summed E-state index contributed by atoms with van der Waals surface area (Å²) in [7, 11) is -3.07. The smallest absolute Gasteiger partial charge is 0.216 e. The van der Waals surface area contributed by atoms with Crippen molar-refractivity contribution in [1.82, 2.24) is 19.2 Å². The van der Waals surface area contributed by atoms with Gasteiger partial charge in [-0.1, -0.05) is 0 Å². The minimum atomic E-state index is -3.07. The molecule has 0 aromatic carbocycles. The van der Waals surface area contributed by atoms with Gasteiger partial charge < -0.3 is 5.32 Å². The minimum Gasteiger partial charge on any atom is -0.367 e. The fourth-order valence-corrected chi connectivity index (χ4v) is 7.56. The van der Waals surface area contributed by atoms with Crippen LogP contribution < -0.4 is 5.32 Å². The van der Waals surface area contributed by atoms with Crippen LogP contribution in [0, 0.1) is 13.8 Å². The van der Waals surface area contributed by atoms with E-state index in [4.69, 9.17) is 9.97 Å². The predicted molar refractivity (Wildman–Crippen MR) is 122 cm³/mol. The van der Waals surface area contributed by atoms with Gasteiger partial charge in [0, 0.05) is 24.0 Å². The molecule has 1 N–H and O–H groups in total. The van der Waals surface area contributed by atoms with Crippen molar-refractivity contribution in [1.29, 1.82) is 0 Å². The van der Waals surface area contributed by atoms with Crippen molar-refractivity contribution in [2.24, 2.45) is 0 Å². The van der Waals surface area contributed by atoms with E-state index in [9.17, 15) is 8.42 Å². The van der Waals surface area contributed by atoms with Gasteiger partial charge >= 0.3 is 0 Å². The molecule has 4 heterocycles. The molecule has 5 rings (SSSR count). The van der Waals surface area contributed by atoms with Gasteiger partial charge in [-0.3, -0.25) is 4.90 Å². The molecule has 1 aliphatic carbocycles. The van der Waals surface area contributed by atoms with Gasteiger partial charge in [-0.25, -0.2) is 22.7 Å². The number of piperidine rings is 1. The van der Waals surface area contributed by atoms with Crippen LogP contribution in [-0.4, -0.2) is 65.1 Å². The maximum Gasteiger partial charge on any atom is 0.216 e. The third kappa shape index (κ3) is 3.97. The van der Waals surface area contributed by atoms with Crippen molar-refractivity contribution >= 4 is 37.4 Å². The lowest BCUT2D eigenvalue weighted by Crippen LogP contribution is -2.43. The predicted octanol–water partition coefficient (Wildman–Crippen LogP) is 3.27. The quantitative estimate of drug-likeness (QED) is 0.729. The van der Waals surface area contributed by atoms with Crippen LogP contribution in [-0.2, 0) is 16.6 Å². The van der Waals surface area contributed by atoms with Crippen LogP contribution >= 0.6 is 11.3 Å². The molecule has 2 aliphatic heterocycles. The zero-order valence-corrected chi connectivity index (χ0v) is 19.5. The Kier molecular flexibility index (Phi) is 5.49. The summed E-state index contributed by atoms with van der Waals surface area (Å²) in [5, 5.41) is 4.69. The van der Waals surface area contributed by atoms with E-state index in [1.807, 2.05) is 0 Å². The maximum atomic E-state index is 12.5. The fraction of sp³-hybridized carbons (Fsp3) is 0.714. The number of nitrogens with one attached hydrogen (secondary N) is 1. The number of likely N-dealkylation sites (tertiary alicyclic amines) is 1. The molecule has 0 bridgehead atoms. The molecule has 30 heavy (non-hydrogen) atoms. The highest BCUT2D eigenvalue weighted by Gasteiger charge is 2.41. The third-order valence-electron chi connectivity index (χ3n) is 6.74. The average molecular weight is 450 g/mol. The van der Waals surface area contributed by atoms with E-state index in [1.165, 1.54) is 23.3 Å². The largest absolute Gasteiger partial charge is 0.367 e. The molecule has 2 aromatic rings. The molecule has 3 aliphatic rings. The van der Waals surface area contributed by atoms with Crippen molar-refractivity contribution in [3.8, 4) is 0 Å². The Morgan fingerprint density at radius 1 is 1.03 bits per heavy atom. The van der Waals surface area contributed by atoms with Gasteiger partial charge in [0.15, 0.2) is 0 Å². The van der Waals surface area contributed by atoms with Gasteiger partial charge in [0.25, 0.3) is 0 Å². The Labute approximate surface area is 182 Å². The molecule has 0 atom stereocenters. The number of thiophene rings is 1. The molecule has 164 valence electrons. The summed E-state index contributed by atoms with van der Waals surface area (Å²) in [5.41, 5.74) is 1.25. The average Bonchev–Trinajstić information content (AvgIpc) is 3.40. The Hall–Kier alpha value is -1.29. The molecule has 2 saturated heterocycles. The summed E-state index contributed by atoms with van der Waals surface area (Å²) in [4.78, 5) is 14.6. The van der Waals surface area contributed by atoms with Gasteiger partial charge in [0.05, 0.1) is 17.2 Å². The van der Waals surface area contributed by atoms with Crippen molar-refractivity contribution in [2.75, 3.05) is 31.5 Å². The molecule has 2 aromatic heterocycles. The zero-order chi connectivity index (χ0) is 20.9. The number of aryl methyl sites for hydroxylation is 2. The highest BCUT2D eigenvalue weighted by atomic mass is 32.2. The number of anilines is 1. The summed E-state index contributed by atoms with van der Waals surface area (Å²) >= 11 is 1.74. The number of nitrogens with zero attached hydrogens (tertiary/aromatic N) is 4. The number of hydrogen-bond acceptors (Lipinski definition) is 7. The highest BCUT2D eigenvalue weighted by molar-refractivity contribution is 7.90. The Balaban J connectivity index is 1.35. The molecule has 9 heteroatoms. The molecule has 0 radical (unpaired) electrons. The van der Waals surface area contributed by atoms with E-state index in [0.717, 1.165) is 67.2 Å². The van der Waals surface area contributed by atoms with Gasteiger partial charge in [-0.05, 0) is 71.0 Å². The van der Waals surface area contributed by atoms with Crippen LogP contribution in [0.15, 0.2) is 0 Å². The topological polar surface area (TPSA) is 78.4 Å². The summed E-state index contributed by atoms with van der Waals surface area (Å²) in [6, 6.07) is 0.244. The second-order valence-corrected chi connectivity index (χ2v) is 12.4. The number of fused-ring (bicyclic) bond motifs is 1. The molecule has 7 nitrogen and oxygen atoms in total. The Bertz CT molecular complexity index is 1030. The SMILES string of the molecule is Cc1sc2nc(CN3CCCC3)nc(NC3CCN(S(=O)(=O)C4CC4)CC3)c2c1C. The van der Waals surface area contributed by atoms with E-state index < -0.39 is 10.0 Å². The molecule has 1 saturated carbocycles. The lowest BCUT2D eigenvalue weighted by Gasteiger charge is -2.32. The van der Waals surface area contributed by atoms with Crippen LogP contribution in [0.4, 0.5) is 5.82 Å². The monoisotopic (exact) mass is 449 g/mol. The standard InChI is InChI=1S/C21H31N5O2S2/c1-14-15(2)29-21-19(14)20(23-18(24-21)13-25-9-3-4-10-25)22-16-7-11-26(12-8-16)30(27,28)17-5-6-17/h16-17H,3-13H2,1-2H3,(H,22,23,24). The molecule has 0 amide bonds. The van der Waals surface area contributed by atoms with Crippen LogP contribution in [0.5, 0.6) is 0 Å². The van der Waals surface area contributed by atoms with Crippen molar-refractivity contribution in [2.45, 2.75) is 70.2 Å². The summed E-state index contributed by atoms with van der Waals surface area (Å²) < 4.78 is 26.8. The van der Waals surface area contributed by atoms with E-state index in [2.05, 4.69) is 24.1 Å². The second kappa shape index (κ2) is 8.00. The third-order valence-corrected chi connectivity index (χ3v) is 10.2. The van der Waals surface area contributed by atoms with Crippen LogP contribution in [0.1, 0.15) is 54.8 Å². The van der Waals surface area contributed by atoms with E-state index in [0.29, 0.717) is 13.1 Å². The van der Waals surface area contributed by atoms with Gasteiger partial charge in [-0.15, -0.1) is 11.3 Å². The molecule has 0 spiro atoms. The first kappa shape index (κ1) is 20.6. The number of rotatable bonds is 6. The molecule has 3 fully saturated rings. The number of hydrogen-bond donors (Lipinski definition) is 1. The van der Waals surface area contributed by atoms with Crippen molar-refractivity contribution < 1.29 is 8.42 Å². The van der Waals surface area contributed by atoms with Crippen LogP contribution in [0.2, 0.25) is 0 Å². The van der Waals surface area contributed by atoms with E-state index in [1.54, 1.807) is 15.6 Å².